The fourth-order valence-electron chi connectivity index (χ4n) is 1.94. The second-order valence-corrected chi connectivity index (χ2v) is 5.00. The molecule has 0 aliphatic carbocycles. The van der Waals surface area contributed by atoms with E-state index in [4.69, 9.17) is 4.74 Å². The van der Waals surface area contributed by atoms with Gasteiger partial charge in [0.1, 0.15) is 11.3 Å². The number of hydrogen-bond acceptors (Lipinski definition) is 4. The first-order valence-corrected chi connectivity index (χ1v) is 6.76. The van der Waals surface area contributed by atoms with Crippen molar-refractivity contribution in [3.63, 3.8) is 0 Å². The lowest BCUT2D eigenvalue weighted by Gasteiger charge is -2.08. The van der Waals surface area contributed by atoms with Crippen LogP contribution in [0.25, 0.3) is 10.2 Å². The molecule has 2 rings (SSSR count). The van der Waals surface area contributed by atoms with Crippen LogP contribution in [-0.2, 0) is 0 Å². The summed E-state index contributed by atoms with van der Waals surface area (Å²) in [5.41, 5.74) is 3.41. The Morgan fingerprint density at radius 3 is 2.71 bits per heavy atom. The summed E-state index contributed by atoms with van der Waals surface area (Å²) < 4.78 is 6.93. The van der Waals surface area contributed by atoms with E-state index in [1.54, 1.807) is 11.3 Å². The lowest BCUT2D eigenvalue weighted by molar-refractivity contribution is 0.341. The van der Waals surface area contributed by atoms with Crippen LogP contribution in [0.3, 0.4) is 0 Å². The number of fused-ring (bicyclic) bond motifs is 1. The lowest BCUT2D eigenvalue weighted by Crippen LogP contribution is -1.97. The Morgan fingerprint density at radius 2 is 2.06 bits per heavy atom. The highest BCUT2D eigenvalue weighted by molar-refractivity contribution is 7.22. The number of aromatic nitrogens is 1. The van der Waals surface area contributed by atoms with E-state index in [2.05, 4.69) is 37.1 Å². The largest absolute Gasteiger partial charge is 0.491 e. The summed E-state index contributed by atoms with van der Waals surface area (Å²) in [4.78, 5) is 4.63. The Bertz CT molecular complexity index is 534. The van der Waals surface area contributed by atoms with Crippen LogP contribution in [-0.4, -0.2) is 18.1 Å². The molecule has 0 atom stereocenters. The van der Waals surface area contributed by atoms with Crippen LogP contribution in [0.2, 0.25) is 0 Å². The number of rotatable bonds is 4. The second kappa shape index (κ2) is 4.92. The lowest BCUT2D eigenvalue weighted by atomic mass is 10.1. The number of thiazole rings is 1. The van der Waals surface area contributed by atoms with Gasteiger partial charge in [-0.15, -0.1) is 0 Å². The molecule has 1 aromatic heterocycles. The quantitative estimate of drug-likeness (QED) is 0.897. The smallest absolute Gasteiger partial charge is 0.183 e. The van der Waals surface area contributed by atoms with Crippen molar-refractivity contribution in [3.8, 4) is 5.75 Å². The fourth-order valence-corrected chi connectivity index (χ4v) is 2.94. The molecule has 0 bridgehead atoms. The van der Waals surface area contributed by atoms with E-state index in [0.29, 0.717) is 6.61 Å². The molecule has 0 unspecified atom stereocenters. The molecule has 4 heteroatoms. The zero-order valence-corrected chi connectivity index (χ0v) is 11.6. The van der Waals surface area contributed by atoms with Gasteiger partial charge in [0.05, 0.1) is 11.3 Å². The van der Waals surface area contributed by atoms with Gasteiger partial charge in [0.15, 0.2) is 5.13 Å². The van der Waals surface area contributed by atoms with Crippen molar-refractivity contribution in [1.29, 1.82) is 0 Å². The summed E-state index contributed by atoms with van der Waals surface area (Å²) in [6.45, 7) is 9.84. The van der Waals surface area contributed by atoms with Gasteiger partial charge in [-0.2, -0.15) is 0 Å². The third kappa shape index (κ3) is 2.22. The summed E-state index contributed by atoms with van der Waals surface area (Å²) in [5, 5.41) is 4.23. The van der Waals surface area contributed by atoms with Crippen LogP contribution >= 0.6 is 11.3 Å². The van der Waals surface area contributed by atoms with Gasteiger partial charge in [-0.25, -0.2) is 4.98 Å². The van der Waals surface area contributed by atoms with Crippen LogP contribution in [0.15, 0.2) is 6.07 Å². The first kappa shape index (κ1) is 12.2. The first-order chi connectivity index (χ1) is 8.17. The number of anilines is 1. The third-order valence-corrected chi connectivity index (χ3v) is 3.76. The topological polar surface area (TPSA) is 34.2 Å². The molecule has 0 saturated heterocycles. The standard InChI is InChI=1S/C13H18N2OS/c1-5-14-13-15-10-11(16-6-2)8(3)7-9(4)12(10)17-13/h7H,5-6H2,1-4H3,(H,14,15). The molecule has 17 heavy (non-hydrogen) atoms. The number of nitrogens with one attached hydrogen (secondary N) is 1. The van der Waals surface area contributed by atoms with Gasteiger partial charge in [-0.1, -0.05) is 17.4 Å². The van der Waals surface area contributed by atoms with Crippen molar-refractivity contribution in [2.75, 3.05) is 18.5 Å². The maximum Gasteiger partial charge on any atom is 0.183 e. The average Bonchev–Trinajstić information content (AvgIpc) is 2.69. The summed E-state index contributed by atoms with van der Waals surface area (Å²) >= 11 is 1.69. The molecule has 2 aromatic rings. The molecule has 1 N–H and O–H groups in total. The monoisotopic (exact) mass is 250 g/mol. The molecular formula is C13H18N2OS. The van der Waals surface area contributed by atoms with Crippen molar-refractivity contribution >= 4 is 26.7 Å². The summed E-state index contributed by atoms with van der Waals surface area (Å²) in [7, 11) is 0. The van der Waals surface area contributed by atoms with E-state index in [1.165, 1.54) is 10.3 Å². The molecule has 1 heterocycles. The molecule has 0 spiro atoms. The van der Waals surface area contributed by atoms with Crippen molar-refractivity contribution in [2.24, 2.45) is 0 Å². The van der Waals surface area contributed by atoms with Gasteiger partial charge < -0.3 is 10.1 Å². The predicted molar refractivity (Wildman–Crippen MR) is 74.4 cm³/mol. The van der Waals surface area contributed by atoms with E-state index in [-0.39, 0.29) is 0 Å². The van der Waals surface area contributed by atoms with Crippen molar-refractivity contribution in [2.45, 2.75) is 27.7 Å². The Kier molecular flexibility index (Phi) is 3.52. The van der Waals surface area contributed by atoms with Crippen LogP contribution in [0, 0.1) is 13.8 Å². The highest BCUT2D eigenvalue weighted by atomic mass is 32.1. The molecule has 92 valence electrons. The zero-order chi connectivity index (χ0) is 12.4. The van der Waals surface area contributed by atoms with E-state index in [1.807, 2.05) is 6.92 Å². The van der Waals surface area contributed by atoms with E-state index < -0.39 is 0 Å². The molecule has 0 fully saturated rings. The van der Waals surface area contributed by atoms with E-state index >= 15 is 0 Å². The number of benzene rings is 1. The molecule has 1 aromatic carbocycles. The van der Waals surface area contributed by atoms with Crippen LogP contribution in [0.5, 0.6) is 5.75 Å². The van der Waals surface area contributed by atoms with Gasteiger partial charge in [0.25, 0.3) is 0 Å². The number of nitrogens with zero attached hydrogens (tertiary/aromatic N) is 1. The maximum absolute atomic E-state index is 5.71. The van der Waals surface area contributed by atoms with Crippen LogP contribution < -0.4 is 10.1 Å². The van der Waals surface area contributed by atoms with Gasteiger partial charge >= 0.3 is 0 Å². The second-order valence-electron chi connectivity index (χ2n) is 4.00. The summed E-state index contributed by atoms with van der Waals surface area (Å²) in [5.74, 6) is 0.925. The SMILES string of the molecule is CCNc1nc2c(OCC)c(C)cc(C)c2s1. The summed E-state index contributed by atoms with van der Waals surface area (Å²) in [6, 6.07) is 2.17. The first-order valence-electron chi connectivity index (χ1n) is 5.94. The van der Waals surface area contributed by atoms with Crippen molar-refractivity contribution in [1.82, 2.24) is 4.98 Å². The van der Waals surface area contributed by atoms with Crippen molar-refractivity contribution < 1.29 is 4.74 Å². The minimum atomic E-state index is 0.674. The fraction of sp³-hybridized carbons (Fsp3) is 0.462. The van der Waals surface area contributed by atoms with Gasteiger partial charge in [0, 0.05) is 6.54 Å². The minimum absolute atomic E-state index is 0.674. The van der Waals surface area contributed by atoms with Crippen LogP contribution in [0.1, 0.15) is 25.0 Å². The molecule has 0 amide bonds. The number of ether oxygens (including phenoxy) is 1. The molecule has 0 radical (unpaired) electrons. The van der Waals surface area contributed by atoms with Gasteiger partial charge in [-0.05, 0) is 38.8 Å². The maximum atomic E-state index is 5.71. The number of aryl methyl sites for hydroxylation is 2. The minimum Gasteiger partial charge on any atom is -0.491 e. The van der Waals surface area contributed by atoms with Crippen LogP contribution in [0.4, 0.5) is 5.13 Å². The van der Waals surface area contributed by atoms with Gasteiger partial charge in [0.2, 0.25) is 0 Å². The Hall–Kier alpha value is -1.29. The zero-order valence-electron chi connectivity index (χ0n) is 10.8. The average molecular weight is 250 g/mol. The Morgan fingerprint density at radius 1 is 1.29 bits per heavy atom. The summed E-state index contributed by atoms with van der Waals surface area (Å²) in [6.07, 6.45) is 0. The van der Waals surface area contributed by atoms with Crippen molar-refractivity contribution in [3.05, 3.63) is 17.2 Å². The highest BCUT2D eigenvalue weighted by Gasteiger charge is 2.13. The molecular weight excluding hydrogens is 232 g/mol. The molecule has 0 aliphatic rings. The predicted octanol–water partition coefficient (Wildman–Crippen LogP) is 3.74. The Labute approximate surface area is 106 Å². The van der Waals surface area contributed by atoms with E-state index in [9.17, 15) is 0 Å². The van der Waals surface area contributed by atoms with E-state index in [0.717, 1.165) is 28.5 Å². The highest BCUT2D eigenvalue weighted by Crippen LogP contribution is 2.37. The normalized spacial score (nSPS) is 10.8. The molecule has 0 saturated carbocycles. The van der Waals surface area contributed by atoms with Gasteiger partial charge in [-0.3, -0.25) is 0 Å². The third-order valence-electron chi connectivity index (χ3n) is 2.61. The molecule has 0 aliphatic heterocycles. The Balaban J connectivity index is 2.62. The number of hydrogen-bond donors (Lipinski definition) is 1. The molecule has 3 nitrogen and oxygen atoms in total.